The predicted molar refractivity (Wildman–Crippen MR) is 89.2 cm³/mol. The Morgan fingerprint density at radius 2 is 1.87 bits per heavy atom. The van der Waals surface area contributed by atoms with Crippen molar-refractivity contribution in [2.45, 2.75) is 4.90 Å². The number of para-hydroxylation sites is 1. The maximum Gasteiger partial charge on any atom is 0.340 e. The monoisotopic (exact) mass is 354 g/mol. The van der Waals surface area contributed by atoms with Gasteiger partial charge in [-0.1, -0.05) is 23.7 Å². The van der Waals surface area contributed by atoms with Gasteiger partial charge in [0.1, 0.15) is 0 Å². The summed E-state index contributed by atoms with van der Waals surface area (Å²) in [5, 5.41) is 0.265. The number of methoxy groups -OCH3 is 1. The molecule has 0 atom stereocenters. The lowest BCUT2D eigenvalue weighted by Gasteiger charge is -2.21. The van der Waals surface area contributed by atoms with E-state index in [1.807, 2.05) is 0 Å². The van der Waals surface area contributed by atoms with Crippen LogP contribution < -0.4 is 10.0 Å². The van der Waals surface area contributed by atoms with Gasteiger partial charge in [0.25, 0.3) is 10.0 Å². The number of carbonyl (C=O) groups excluding carboxylic acids is 1. The van der Waals surface area contributed by atoms with Crippen molar-refractivity contribution >= 4 is 39.0 Å². The summed E-state index contributed by atoms with van der Waals surface area (Å²) in [5.41, 5.74) is 6.17. The zero-order valence-corrected chi connectivity index (χ0v) is 14.1. The molecule has 122 valence electrons. The molecule has 8 heteroatoms. The van der Waals surface area contributed by atoms with Crippen LogP contribution >= 0.6 is 11.6 Å². The fraction of sp³-hybridized carbons (Fsp3) is 0.133. The minimum Gasteiger partial charge on any atom is -0.465 e. The Balaban J connectivity index is 2.53. The van der Waals surface area contributed by atoms with Crippen LogP contribution in [0.4, 0.5) is 11.4 Å². The van der Waals surface area contributed by atoms with Gasteiger partial charge in [0.05, 0.1) is 34.0 Å². The van der Waals surface area contributed by atoms with Crippen LogP contribution in [0.5, 0.6) is 0 Å². The lowest BCUT2D eigenvalue weighted by molar-refractivity contribution is 0.0601. The Labute approximate surface area is 139 Å². The highest BCUT2D eigenvalue weighted by Gasteiger charge is 2.25. The van der Waals surface area contributed by atoms with E-state index < -0.39 is 16.0 Å². The maximum absolute atomic E-state index is 12.7. The number of hydrogen-bond donors (Lipinski definition) is 1. The van der Waals surface area contributed by atoms with E-state index >= 15 is 0 Å². The molecule has 6 nitrogen and oxygen atoms in total. The Morgan fingerprint density at radius 1 is 1.22 bits per heavy atom. The van der Waals surface area contributed by atoms with E-state index in [-0.39, 0.29) is 26.9 Å². The minimum absolute atomic E-state index is 0.0263. The van der Waals surface area contributed by atoms with Crippen molar-refractivity contribution in [1.29, 1.82) is 0 Å². The van der Waals surface area contributed by atoms with Crippen molar-refractivity contribution in [3.05, 3.63) is 53.1 Å². The van der Waals surface area contributed by atoms with Crippen molar-refractivity contribution in [2.75, 3.05) is 24.2 Å². The van der Waals surface area contributed by atoms with Gasteiger partial charge < -0.3 is 10.5 Å². The first-order valence-electron chi connectivity index (χ1n) is 6.50. The van der Waals surface area contributed by atoms with Crippen LogP contribution in [0, 0.1) is 0 Å². The molecule has 0 bridgehead atoms. The highest BCUT2D eigenvalue weighted by Crippen LogP contribution is 2.28. The largest absolute Gasteiger partial charge is 0.465 e. The molecule has 23 heavy (non-hydrogen) atoms. The third kappa shape index (κ3) is 3.25. The van der Waals surface area contributed by atoms with Gasteiger partial charge >= 0.3 is 5.97 Å². The second-order valence-electron chi connectivity index (χ2n) is 4.66. The highest BCUT2D eigenvalue weighted by molar-refractivity contribution is 7.92. The van der Waals surface area contributed by atoms with E-state index in [1.54, 1.807) is 12.1 Å². The van der Waals surface area contributed by atoms with Crippen LogP contribution in [-0.2, 0) is 14.8 Å². The van der Waals surface area contributed by atoms with E-state index in [2.05, 4.69) is 4.74 Å². The average molecular weight is 355 g/mol. The second-order valence-corrected chi connectivity index (χ2v) is 7.04. The molecule has 0 aromatic heterocycles. The predicted octanol–water partition coefficient (Wildman–Crippen LogP) is 2.53. The fourth-order valence-electron chi connectivity index (χ4n) is 2.00. The summed E-state index contributed by atoms with van der Waals surface area (Å²) >= 11 is 5.82. The lowest BCUT2D eigenvalue weighted by Crippen LogP contribution is -2.28. The lowest BCUT2D eigenvalue weighted by atomic mass is 10.2. The first-order valence-corrected chi connectivity index (χ1v) is 8.32. The molecule has 2 rings (SSSR count). The normalized spacial score (nSPS) is 11.1. The number of benzene rings is 2. The number of halogens is 1. The maximum atomic E-state index is 12.7. The van der Waals surface area contributed by atoms with Crippen LogP contribution in [0.3, 0.4) is 0 Å². The number of hydrogen-bond acceptors (Lipinski definition) is 5. The molecular formula is C15H15ClN2O4S. The molecule has 0 aliphatic carbocycles. The highest BCUT2D eigenvalue weighted by atomic mass is 35.5. The summed E-state index contributed by atoms with van der Waals surface area (Å²) in [4.78, 5) is 11.8. The molecule has 0 aliphatic rings. The molecule has 0 fully saturated rings. The standard InChI is InChI=1S/C15H15ClN2O4S/c1-18(14-6-4-3-5-11(14)15(19)22-2)23(20,21)10-7-8-12(16)13(17)9-10/h3-9H,17H2,1-2H3. The van der Waals surface area contributed by atoms with Crippen LogP contribution in [0.25, 0.3) is 0 Å². The molecule has 2 aromatic rings. The van der Waals surface area contributed by atoms with Gasteiger partial charge in [-0.2, -0.15) is 0 Å². The molecule has 0 saturated heterocycles. The van der Waals surface area contributed by atoms with E-state index in [4.69, 9.17) is 17.3 Å². The van der Waals surface area contributed by atoms with E-state index in [9.17, 15) is 13.2 Å². The number of esters is 1. The van der Waals surface area contributed by atoms with Crippen molar-refractivity contribution < 1.29 is 17.9 Å². The molecule has 2 N–H and O–H groups in total. The molecule has 0 spiro atoms. The van der Waals surface area contributed by atoms with Crippen molar-refractivity contribution in [3.8, 4) is 0 Å². The smallest absolute Gasteiger partial charge is 0.340 e. The van der Waals surface area contributed by atoms with Gasteiger partial charge in [-0.25, -0.2) is 13.2 Å². The van der Waals surface area contributed by atoms with E-state index in [1.165, 1.54) is 44.5 Å². The van der Waals surface area contributed by atoms with Gasteiger partial charge in [0, 0.05) is 7.05 Å². The minimum atomic E-state index is -3.91. The van der Waals surface area contributed by atoms with Crippen molar-refractivity contribution in [1.82, 2.24) is 0 Å². The molecule has 0 saturated carbocycles. The molecule has 0 aliphatic heterocycles. The van der Waals surface area contributed by atoms with Gasteiger partial charge in [-0.15, -0.1) is 0 Å². The molecule has 2 aromatic carbocycles. The van der Waals surface area contributed by atoms with E-state index in [0.29, 0.717) is 0 Å². The first-order chi connectivity index (χ1) is 10.8. The molecule has 0 unspecified atom stereocenters. The Morgan fingerprint density at radius 3 is 2.48 bits per heavy atom. The number of rotatable bonds is 4. The first kappa shape index (κ1) is 17.1. The van der Waals surface area contributed by atoms with Gasteiger partial charge in [0.2, 0.25) is 0 Å². The number of nitrogens with zero attached hydrogens (tertiary/aromatic N) is 1. The topological polar surface area (TPSA) is 89.7 Å². The summed E-state index contributed by atoms with van der Waals surface area (Å²) < 4.78 is 31.2. The van der Waals surface area contributed by atoms with Crippen LogP contribution in [0.1, 0.15) is 10.4 Å². The number of nitrogen functional groups attached to an aromatic ring is 1. The summed E-state index contributed by atoms with van der Waals surface area (Å²) in [6.45, 7) is 0. The Bertz CT molecular complexity index is 852. The SMILES string of the molecule is COC(=O)c1ccccc1N(C)S(=O)(=O)c1ccc(Cl)c(N)c1. The van der Waals surface area contributed by atoms with Gasteiger partial charge in [-0.05, 0) is 30.3 Å². The molecule has 0 heterocycles. The quantitative estimate of drug-likeness (QED) is 0.673. The van der Waals surface area contributed by atoms with E-state index in [0.717, 1.165) is 4.31 Å². The van der Waals surface area contributed by atoms with Crippen LogP contribution in [0.2, 0.25) is 5.02 Å². The third-order valence-electron chi connectivity index (χ3n) is 3.27. The zero-order chi connectivity index (χ0) is 17.2. The second kappa shape index (κ2) is 6.47. The summed E-state index contributed by atoms with van der Waals surface area (Å²) in [6, 6.07) is 10.3. The Kier molecular flexibility index (Phi) is 4.82. The average Bonchev–Trinajstić information content (AvgIpc) is 2.55. The number of anilines is 2. The third-order valence-corrected chi connectivity index (χ3v) is 5.39. The van der Waals surface area contributed by atoms with Gasteiger partial charge in [0.15, 0.2) is 0 Å². The number of nitrogens with two attached hydrogens (primary N) is 1. The van der Waals surface area contributed by atoms with Crippen LogP contribution in [0.15, 0.2) is 47.4 Å². The number of ether oxygens (including phenoxy) is 1. The van der Waals surface area contributed by atoms with Crippen LogP contribution in [-0.4, -0.2) is 28.5 Å². The Hall–Kier alpha value is -2.25. The molecule has 0 radical (unpaired) electrons. The molecule has 0 amide bonds. The fourth-order valence-corrected chi connectivity index (χ4v) is 3.37. The van der Waals surface area contributed by atoms with Gasteiger partial charge in [-0.3, -0.25) is 4.31 Å². The summed E-state index contributed by atoms with van der Waals surface area (Å²) in [5.74, 6) is -0.627. The summed E-state index contributed by atoms with van der Waals surface area (Å²) in [6.07, 6.45) is 0. The molecular weight excluding hydrogens is 340 g/mol. The summed E-state index contributed by atoms with van der Waals surface area (Å²) in [7, 11) is -1.33. The van der Waals surface area contributed by atoms with Crippen molar-refractivity contribution in [3.63, 3.8) is 0 Å². The zero-order valence-electron chi connectivity index (χ0n) is 12.5. The number of sulfonamides is 1. The number of carbonyl (C=O) groups is 1. The van der Waals surface area contributed by atoms with Crippen molar-refractivity contribution in [2.24, 2.45) is 0 Å².